The zero-order valence-corrected chi connectivity index (χ0v) is 81.5. The number of hydrogen-bond donors (Lipinski definition) is 28. The third kappa shape index (κ3) is 38.3. The molecule has 0 bridgehead atoms. The Morgan fingerprint density at radius 3 is 1.13 bits per heavy atom. The number of benzene rings is 4. The van der Waals surface area contributed by atoms with Gasteiger partial charge < -0.3 is 138 Å². The third-order valence-electron chi connectivity index (χ3n) is 23.1. The number of amides is 16. The number of nitrogens with one attached hydrogen (secondary N) is 17. The van der Waals surface area contributed by atoms with Crippen molar-refractivity contribution in [2.24, 2.45) is 35.0 Å². The van der Waals surface area contributed by atoms with Gasteiger partial charge in [-0.15, -0.1) is 0 Å². The van der Waals surface area contributed by atoms with Crippen molar-refractivity contribution in [1.82, 2.24) is 89.7 Å². The number of nitrogens with two attached hydrogens (primary N) is 3. The molecule has 17 atom stereocenters. The fourth-order valence-electron chi connectivity index (χ4n) is 15.0. The second-order valence-electron chi connectivity index (χ2n) is 35.2. The molecule has 2 heterocycles. The van der Waals surface area contributed by atoms with E-state index in [-0.39, 0.29) is 68.7 Å². The van der Waals surface area contributed by atoms with Gasteiger partial charge >= 0.3 is 29.8 Å². The number of rotatable bonds is 62. The van der Waals surface area contributed by atoms with Crippen LogP contribution in [0.15, 0.2) is 116 Å². The number of aliphatic carboxylic acids is 5. The maximum Gasteiger partial charge on any atom is 0.325 e. The number of aromatic nitrogens is 2. The summed E-state index contributed by atoms with van der Waals surface area (Å²) in [6.07, 6.45) is -4.23. The summed E-state index contributed by atoms with van der Waals surface area (Å²) in [6, 6.07) is -0.421. The SMILES string of the molecule is CC[C@H](C)[C@H](NC(=O)[C@H](Cc1ccccc1)NC(=O)[C@H](CCC(=O)O)NC(=O)[C@H](CS)NC(=O)[C@@H](NC(=O)[C@H](Cc1c[nH]c2ccccc12)NC(=O)[C@@H](N)CC(=O)O)C(C)C)C(=O)N[C@@H](CCCCN)C(=O)N[C@@H](CC(=O)O)C(=O)N[C@@H](CCC(N)=O)C(=O)N[C@@H](Cc1c[nH]c2ccccc12)C(=O)N[C@@H](Cc1ccc(O)cc1)C(=O)N[C@@H](CS)C(=O)N[C@@H](CC(=O)O)C(=O)N[C@@H](CC(C)C)C(=O)N[C@@H](C)C(=O)O. The van der Waals surface area contributed by atoms with E-state index >= 15 is 19.2 Å². The number of phenolic OH excluding ortho intramolecular Hbond substituents is 1. The van der Waals surface area contributed by atoms with Gasteiger partial charge in [0.15, 0.2) is 0 Å². The van der Waals surface area contributed by atoms with Crippen molar-refractivity contribution >= 4 is 171 Å². The van der Waals surface area contributed by atoms with Crippen LogP contribution in [0.2, 0.25) is 0 Å². The number of phenols is 1. The Morgan fingerprint density at radius 2 is 0.706 bits per heavy atom. The minimum absolute atomic E-state index is 0.0398. The second-order valence-corrected chi connectivity index (χ2v) is 35.9. The summed E-state index contributed by atoms with van der Waals surface area (Å²) in [5.41, 5.74) is 20.1. The van der Waals surface area contributed by atoms with Gasteiger partial charge in [0.05, 0.1) is 25.3 Å². The average molecular weight is 2030 g/mol. The van der Waals surface area contributed by atoms with Crippen LogP contribution in [-0.4, -0.2) is 280 Å². The summed E-state index contributed by atoms with van der Waals surface area (Å²) in [5.74, 6) is -28.7. The Labute approximate surface area is 832 Å². The predicted octanol–water partition coefficient (Wildman–Crippen LogP) is -2.38. The molecule has 6 rings (SSSR count). The normalized spacial score (nSPS) is 14.8. The second kappa shape index (κ2) is 57.8. The molecule has 0 spiro atoms. The molecule has 0 aliphatic carbocycles. The van der Waals surface area contributed by atoms with Gasteiger partial charge in [0.2, 0.25) is 94.5 Å². The Kier molecular flexibility index (Phi) is 47.3. The first kappa shape index (κ1) is 117. The number of carbonyl (C=O) groups excluding carboxylic acids is 16. The Bertz CT molecular complexity index is 5490. The number of aromatic amines is 2. The van der Waals surface area contributed by atoms with Gasteiger partial charge in [-0.1, -0.05) is 127 Å². The highest BCUT2D eigenvalue weighted by atomic mass is 32.1. The summed E-state index contributed by atoms with van der Waals surface area (Å²) in [4.78, 5) is 296. The first-order valence-electron chi connectivity index (χ1n) is 46.2. The molecule has 143 heavy (non-hydrogen) atoms. The standard InChI is InChI=1S/C94H128N20O27S2/c1-8-48(6)78(114-88(134)65(35-50-18-10-9-11-19-50)106-82(128)62(30-32-73(117)118)102-90(136)71(45-143)112-92(138)77(47(4)5)113-89(135)67(104-79(125)57(96)39-74(119)120)38-53-43-99-59-23-15-13-21-56(53)59)93(139)103-60(24-16-17-33-95)80(126)109-68(40-75(121)122)86(132)101-61(29-31-72(97)116)81(127)108-66(37-52-42-98-58-22-14-12-20-55(52)58)85(131)107-64(36-51-25-27-54(115)28-26-51)84(130)111-70(44-142)91(137)110-69(41-76(123)124)87(133)105-63(34-46(2)3)83(129)100-49(7)94(140)141/h9-15,18-23,25-28,42-43,46-49,57,60-71,77-78,98-99,115,142-143H,8,16-17,24,29-41,44-45,95-96H2,1-7H3,(H2,97,116)(H,100,129)(H,101,132)(H,102,136)(H,103,139)(H,104,125)(H,105,133)(H,106,128)(H,107,131)(H,108,127)(H,109,126)(H,110,137)(H,111,130)(H,112,138)(H,113,135)(H,114,134)(H,117,118)(H,119,120)(H,121,122)(H,123,124)(H,140,141)/t48-,49-,57-,60-,61-,62-,63-,64-,65-,66-,67-,68-,69-,70-,71-,77-,78-/m0/s1. The Balaban J connectivity index is 1.25. The van der Waals surface area contributed by atoms with Gasteiger partial charge in [-0.25, -0.2) is 0 Å². The average Bonchev–Trinajstić information content (AvgIpc) is 1.69. The van der Waals surface area contributed by atoms with E-state index in [1.807, 2.05) is 0 Å². The molecule has 0 radical (unpaired) electrons. The number of carboxylic acids is 5. The number of H-pyrrole nitrogens is 2. The van der Waals surface area contributed by atoms with Crippen LogP contribution >= 0.6 is 25.3 Å². The molecule has 2 aromatic heterocycles. The largest absolute Gasteiger partial charge is 0.508 e. The van der Waals surface area contributed by atoms with Gasteiger partial charge in [0, 0.05) is 84.2 Å². The van der Waals surface area contributed by atoms with Gasteiger partial charge in [0.1, 0.15) is 96.4 Å². The van der Waals surface area contributed by atoms with Crippen LogP contribution in [0.4, 0.5) is 0 Å². The highest BCUT2D eigenvalue weighted by Gasteiger charge is 2.42. The van der Waals surface area contributed by atoms with Crippen LogP contribution in [0, 0.1) is 17.8 Å². The van der Waals surface area contributed by atoms with Crippen molar-refractivity contribution in [3.8, 4) is 5.75 Å². The van der Waals surface area contributed by atoms with E-state index in [9.17, 15) is 112 Å². The number of primary amides is 1. The molecular weight excluding hydrogens is 1910 g/mol. The van der Waals surface area contributed by atoms with E-state index in [2.05, 4.69) is 115 Å². The summed E-state index contributed by atoms with van der Waals surface area (Å²) in [7, 11) is 0. The number of carboxylic acid groups (broad SMARTS) is 5. The number of thiol groups is 2. The van der Waals surface area contributed by atoms with Crippen LogP contribution in [-0.2, 0) is 126 Å². The molecule has 47 nitrogen and oxygen atoms in total. The van der Waals surface area contributed by atoms with E-state index in [0.717, 1.165) is 6.92 Å². The molecule has 0 saturated heterocycles. The molecule has 29 N–H and O–H groups in total. The van der Waals surface area contributed by atoms with Gasteiger partial charge in [-0.3, -0.25) is 101 Å². The number of aromatic hydroxyl groups is 1. The van der Waals surface area contributed by atoms with Crippen molar-refractivity contribution < 1.29 is 131 Å². The van der Waals surface area contributed by atoms with Gasteiger partial charge in [-0.2, -0.15) is 25.3 Å². The van der Waals surface area contributed by atoms with Crippen molar-refractivity contribution in [1.29, 1.82) is 0 Å². The van der Waals surface area contributed by atoms with Gasteiger partial charge in [-0.05, 0) is 116 Å². The minimum Gasteiger partial charge on any atom is -0.508 e. The smallest absolute Gasteiger partial charge is 0.325 e. The molecule has 0 saturated carbocycles. The minimum atomic E-state index is -2.16. The van der Waals surface area contributed by atoms with Gasteiger partial charge in [0.25, 0.3) is 0 Å². The lowest BCUT2D eigenvalue weighted by Gasteiger charge is -2.30. The molecule has 0 unspecified atom stereocenters. The van der Waals surface area contributed by atoms with E-state index < -0.39 is 302 Å². The van der Waals surface area contributed by atoms with E-state index in [0.29, 0.717) is 38.5 Å². The first-order valence-corrected chi connectivity index (χ1v) is 47.4. The van der Waals surface area contributed by atoms with E-state index in [1.165, 1.54) is 37.4 Å². The Hall–Kier alpha value is -14.8. The van der Waals surface area contributed by atoms with Crippen molar-refractivity contribution in [2.75, 3.05) is 18.1 Å². The van der Waals surface area contributed by atoms with Crippen LogP contribution in [0.1, 0.15) is 148 Å². The molecule has 6 aromatic rings. The predicted molar refractivity (Wildman–Crippen MR) is 523 cm³/mol. The highest BCUT2D eigenvalue weighted by Crippen LogP contribution is 2.24. The van der Waals surface area contributed by atoms with Crippen LogP contribution in [0.3, 0.4) is 0 Å². The van der Waals surface area contributed by atoms with Crippen LogP contribution in [0.25, 0.3) is 21.8 Å². The molecular formula is C94H128N20O27S2. The lowest BCUT2D eigenvalue weighted by Crippen LogP contribution is -2.62. The molecule has 0 fully saturated rings. The monoisotopic (exact) mass is 2030 g/mol. The zero-order valence-electron chi connectivity index (χ0n) is 79.8. The summed E-state index contributed by atoms with van der Waals surface area (Å²) in [6.45, 7) is 10.8. The van der Waals surface area contributed by atoms with Crippen LogP contribution in [0.5, 0.6) is 5.75 Å². The molecule has 16 amide bonds. The number of para-hydroxylation sites is 2. The first-order chi connectivity index (χ1) is 67.6. The number of fused-ring (bicyclic) bond motifs is 2. The fourth-order valence-corrected chi connectivity index (χ4v) is 15.5. The van der Waals surface area contributed by atoms with E-state index in [4.69, 9.17) is 17.2 Å². The summed E-state index contributed by atoms with van der Waals surface area (Å²) < 4.78 is 0. The van der Waals surface area contributed by atoms with Crippen LogP contribution < -0.4 is 97.0 Å². The zero-order chi connectivity index (χ0) is 106. The maximum atomic E-state index is 15.2. The lowest BCUT2D eigenvalue weighted by atomic mass is 9.96. The Morgan fingerprint density at radius 1 is 0.357 bits per heavy atom. The lowest BCUT2D eigenvalue weighted by molar-refractivity contribution is -0.143. The number of hydrogen-bond acceptors (Lipinski definition) is 26. The number of unbranched alkanes of at least 4 members (excludes halogenated alkanes) is 1. The highest BCUT2D eigenvalue weighted by molar-refractivity contribution is 7.80. The summed E-state index contributed by atoms with van der Waals surface area (Å²) >= 11 is 8.54. The quantitative estimate of drug-likeness (QED) is 0.0140. The van der Waals surface area contributed by atoms with Crippen molar-refractivity contribution in [2.45, 2.75) is 248 Å². The summed E-state index contributed by atoms with van der Waals surface area (Å²) in [5, 5.41) is 97.3. The molecule has 778 valence electrons. The molecule has 0 aliphatic heterocycles. The topological polar surface area (TPSA) is 770 Å². The maximum absolute atomic E-state index is 15.2. The third-order valence-corrected chi connectivity index (χ3v) is 23.8. The number of carbonyl (C=O) groups is 21. The molecule has 0 aliphatic rings. The van der Waals surface area contributed by atoms with E-state index in [1.54, 1.807) is 120 Å². The van der Waals surface area contributed by atoms with Crippen molar-refractivity contribution in [3.63, 3.8) is 0 Å². The fraction of sp³-hybridized carbons (Fsp3) is 0.479. The van der Waals surface area contributed by atoms with Crippen molar-refractivity contribution in [3.05, 3.63) is 138 Å². The molecule has 4 aromatic carbocycles. The molecule has 49 heteroatoms.